The molecule has 0 aliphatic carbocycles. The van der Waals surface area contributed by atoms with E-state index in [1.54, 1.807) is 24.5 Å². The van der Waals surface area contributed by atoms with Crippen LogP contribution in [0.15, 0.2) is 48.8 Å². The van der Waals surface area contributed by atoms with Crippen molar-refractivity contribution in [3.63, 3.8) is 0 Å². The van der Waals surface area contributed by atoms with Crippen LogP contribution in [-0.2, 0) is 4.79 Å². The molecule has 0 atom stereocenters. The second-order valence-corrected chi connectivity index (χ2v) is 7.89. The standard InChI is InChI=1S/C23H28N4O2/c28-22(25-20-6-8-21(9-7-20)26-13-2-1-3-14-26)18-10-15-27(16-11-18)23(29)19-5-4-12-24-17-19/h4-9,12,17-18H,1-3,10-11,13-16H2,(H,25,28). The van der Waals surface area contributed by atoms with E-state index in [-0.39, 0.29) is 17.7 Å². The molecular formula is C23H28N4O2. The number of hydrogen-bond acceptors (Lipinski definition) is 4. The fourth-order valence-electron chi connectivity index (χ4n) is 4.17. The van der Waals surface area contributed by atoms with Crippen molar-refractivity contribution < 1.29 is 9.59 Å². The number of nitrogens with one attached hydrogen (secondary N) is 1. The third kappa shape index (κ3) is 4.75. The van der Waals surface area contributed by atoms with Gasteiger partial charge in [-0.25, -0.2) is 0 Å². The van der Waals surface area contributed by atoms with Crippen molar-refractivity contribution in [2.45, 2.75) is 32.1 Å². The van der Waals surface area contributed by atoms with Gasteiger partial charge in [0.25, 0.3) is 5.91 Å². The molecule has 0 radical (unpaired) electrons. The highest BCUT2D eigenvalue weighted by Crippen LogP contribution is 2.24. The summed E-state index contributed by atoms with van der Waals surface area (Å²) < 4.78 is 0. The third-order valence-electron chi connectivity index (χ3n) is 5.92. The van der Waals surface area contributed by atoms with Crippen LogP contribution < -0.4 is 10.2 Å². The Bertz CT molecular complexity index is 824. The number of amides is 2. The zero-order valence-corrected chi connectivity index (χ0v) is 16.7. The van der Waals surface area contributed by atoms with E-state index < -0.39 is 0 Å². The molecule has 1 aromatic carbocycles. The van der Waals surface area contributed by atoms with E-state index >= 15 is 0 Å². The van der Waals surface area contributed by atoms with E-state index in [2.05, 4.69) is 27.3 Å². The minimum atomic E-state index is -0.0604. The number of nitrogens with zero attached hydrogens (tertiary/aromatic N) is 3. The van der Waals surface area contributed by atoms with Gasteiger partial charge >= 0.3 is 0 Å². The first-order valence-electron chi connectivity index (χ1n) is 10.6. The lowest BCUT2D eigenvalue weighted by Crippen LogP contribution is -2.41. The number of likely N-dealkylation sites (tertiary alicyclic amines) is 1. The molecule has 0 unspecified atom stereocenters. The fraction of sp³-hybridized carbons (Fsp3) is 0.435. The van der Waals surface area contributed by atoms with Crippen LogP contribution in [0.5, 0.6) is 0 Å². The van der Waals surface area contributed by atoms with Gasteiger partial charge < -0.3 is 15.1 Å². The maximum absolute atomic E-state index is 12.7. The molecule has 0 saturated carbocycles. The number of pyridine rings is 1. The zero-order valence-electron chi connectivity index (χ0n) is 16.7. The topological polar surface area (TPSA) is 65.5 Å². The minimum absolute atomic E-state index is 0.00902. The van der Waals surface area contributed by atoms with Gasteiger partial charge in [-0.2, -0.15) is 0 Å². The molecule has 6 heteroatoms. The molecule has 0 bridgehead atoms. The number of benzene rings is 1. The largest absolute Gasteiger partial charge is 0.372 e. The fourth-order valence-corrected chi connectivity index (χ4v) is 4.17. The van der Waals surface area contributed by atoms with E-state index in [9.17, 15) is 9.59 Å². The maximum atomic E-state index is 12.7. The minimum Gasteiger partial charge on any atom is -0.372 e. The van der Waals surface area contributed by atoms with Crippen LogP contribution in [0.2, 0.25) is 0 Å². The van der Waals surface area contributed by atoms with Crippen LogP contribution in [0, 0.1) is 5.92 Å². The summed E-state index contributed by atoms with van der Waals surface area (Å²) in [5.74, 6) is -0.0239. The van der Waals surface area contributed by atoms with Crippen molar-refractivity contribution in [3.8, 4) is 0 Å². The van der Waals surface area contributed by atoms with Crippen LogP contribution in [0.25, 0.3) is 0 Å². The third-order valence-corrected chi connectivity index (χ3v) is 5.92. The molecule has 2 saturated heterocycles. The van der Waals surface area contributed by atoms with Gasteiger partial charge in [0.15, 0.2) is 0 Å². The Morgan fingerprint density at radius 2 is 1.66 bits per heavy atom. The van der Waals surface area contributed by atoms with E-state index in [1.807, 2.05) is 17.0 Å². The van der Waals surface area contributed by atoms with Gasteiger partial charge in [-0.15, -0.1) is 0 Å². The van der Waals surface area contributed by atoms with Crippen molar-refractivity contribution in [1.82, 2.24) is 9.88 Å². The smallest absolute Gasteiger partial charge is 0.255 e. The van der Waals surface area contributed by atoms with Gasteiger partial charge in [0.05, 0.1) is 5.56 Å². The number of carbonyl (C=O) groups is 2. The highest BCUT2D eigenvalue weighted by atomic mass is 16.2. The first-order valence-corrected chi connectivity index (χ1v) is 10.6. The van der Waals surface area contributed by atoms with Gasteiger partial charge in [0, 0.05) is 55.9 Å². The number of anilines is 2. The molecular weight excluding hydrogens is 364 g/mol. The molecule has 2 aliphatic rings. The quantitative estimate of drug-likeness (QED) is 0.864. The number of piperidine rings is 2. The molecule has 2 aromatic rings. The molecule has 152 valence electrons. The van der Waals surface area contributed by atoms with Crippen molar-refractivity contribution >= 4 is 23.2 Å². The summed E-state index contributed by atoms with van der Waals surface area (Å²) >= 11 is 0. The Morgan fingerprint density at radius 1 is 0.931 bits per heavy atom. The summed E-state index contributed by atoms with van der Waals surface area (Å²) in [4.78, 5) is 33.4. The van der Waals surface area contributed by atoms with Crippen molar-refractivity contribution in [1.29, 1.82) is 0 Å². The number of hydrogen-bond donors (Lipinski definition) is 1. The molecule has 1 N–H and O–H groups in total. The van der Waals surface area contributed by atoms with Gasteiger partial charge in [-0.3, -0.25) is 14.6 Å². The summed E-state index contributed by atoms with van der Waals surface area (Å²) in [6.45, 7) is 3.42. The maximum Gasteiger partial charge on any atom is 0.255 e. The van der Waals surface area contributed by atoms with E-state index in [1.165, 1.54) is 24.9 Å². The predicted octanol–water partition coefficient (Wildman–Crippen LogP) is 3.56. The van der Waals surface area contributed by atoms with Crippen molar-refractivity contribution in [3.05, 3.63) is 54.4 Å². The molecule has 3 heterocycles. The molecule has 6 nitrogen and oxygen atoms in total. The normalized spacial score (nSPS) is 17.8. The van der Waals surface area contributed by atoms with Gasteiger partial charge in [0.2, 0.25) is 5.91 Å². The lowest BCUT2D eigenvalue weighted by atomic mass is 9.95. The van der Waals surface area contributed by atoms with Crippen LogP contribution in [0.1, 0.15) is 42.5 Å². The molecule has 0 spiro atoms. The molecule has 29 heavy (non-hydrogen) atoms. The highest BCUT2D eigenvalue weighted by Gasteiger charge is 2.28. The molecule has 2 fully saturated rings. The Kier molecular flexibility index (Phi) is 6.08. The average Bonchev–Trinajstić information content (AvgIpc) is 2.80. The van der Waals surface area contributed by atoms with E-state index in [0.717, 1.165) is 18.8 Å². The molecule has 4 rings (SSSR count). The first kappa shape index (κ1) is 19.4. The van der Waals surface area contributed by atoms with Crippen LogP contribution in [0.4, 0.5) is 11.4 Å². The second-order valence-electron chi connectivity index (χ2n) is 7.89. The van der Waals surface area contributed by atoms with Crippen LogP contribution in [0.3, 0.4) is 0 Å². The van der Waals surface area contributed by atoms with Gasteiger partial charge in [-0.1, -0.05) is 0 Å². The summed E-state index contributed by atoms with van der Waals surface area (Å²) in [5, 5.41) is 3.05. The number of rotatable bonds is 4. The van der Waals surface area contributed by atoms with Crippen LogP contribution in [-0.4, -0.2) is 47.9 Å². The monoisotopic (exact) mass is 392 g/mol. The Hall–Kier alpha value is -2.89. The van der Waals surface area contributed by atoms with Crippen LogP contribution >= 0.6 is 0 Å². The van der Waals surface area contributed by atoms with Crippen molar-refractivity contribution in [2.24, 2.45) is 5.92 Å². The summed E-state index contributed by atoms with van der Waals surface area (Å²) in [6.07, 6.45) is 8.44. The Morgan fingerprint density at radius 3 is 2.31 bits per heavy atom. The predicted molar refractivity (Wildman–Crippen MR) is 114 cm³/mol. The zero-order chi connectivity index (χ0) is 20.1. The first-order chi connectivity index (χ1) is 14.2. The Balaban J connectivity index is 1.28. The van der Waals surface area contributed by atoms with E-state index in [4.69, 9.17) is 0 Å². The molecule has 1 aromatic heterocycles. The molecule has 2 aliphatic heterocycles. The number of carbonyl (C=O) groups excluding carboxylic acids is 2. The Labute approximate surface area is 171 Å². The van der Waals surface area contributed by atoms with Gasteiger partial charge in [0.1, 0.15) is 0 Å². The van der Waals surface area contributed by atoms with E-state index in [0.29, 0.717) is 31.5 Å². The van der Waals surface area contributed by atoms with Crippen molar-refractivity contribution in [2.75, 3.05) is 36.4 Å². The summed E-state index contributed by atoms with van der Waals surface area (Å²) in [7, 11) is 0. The van der Waals surface area contributed by atoms with Gasteiger partial charge in [-0.05, 0) is 68.5 Å². The lowest BCUT2D eigenvalue weighted by Gasteiger charge is -2.31. The highest BCUT2D eigenvalue weighted by molar-refractivity contribution is 5.95. The summed E-state index contributed by atoms with van der Waals surface area (Å²) in [5.41, 5.74) is 2.67. The molecule has 2 amide bonds. The number of aromatic nitrogens is 1. The SMILES string of the molecule is O=C(Nc1ccc(N2CCCCC2)cc1)C1CCN(C(=O)c2cccnc2)CC1. The second kappa shape index (κ2) is 9.07. The average molecular weight is 393 g/mol. The summed E-state index contributed by atoms with van der Waals surface area (Å²) in [6, 6.07) is 11.7. The lowest BCUT2D eigenvalue weighted by molar-refractivity contribution is -0.121.